The third kappa shape index (κ3) is 8.29. The molecule has 1 N–H and O–H groups in total. The second kappa shape index (κ2) is 12.6. The van der Waals surface area contributed by atoms with Crippen LogP contribution in [0.3, 0.4) is 0 Å². The Balaban J connectivity index is 1.56. The molecule has 3 rings (SSSR count). The van der Waals surface area contributed by atoms with Gasteiger partial charge >= 0.3 is 6.09 Å². The van der Waals surface area contributed by atoms with Crippen LogP contribution in [0.2, 0.25) is 0 Å². The molecule has 1 aliphatic carbocycles. The van der Waals surface area contributed by atoms with E-state index in [-0.39, 0.29) is 5.91 Å². The van der Waals surface area contributed by atoms with Crippen molar-refractivity contribution in [3.05, 3.63) is 24.3 Å². The first-order chi connectivity index (χ1) is 16.2. The third-order valence-electron chi connectivity index (χ3n) is 6.38. The summed E-state index contributed by atoms with van der Waals surface area (Å²) in [6.45, 7) is 8.27. The Kier molecular flexibility index (Phi) is 9.80. The molecule has 1 saturated heterocycles. The van der Waals surface area contributed by atoms with Gasteiger partial charge in [0.15, 0.2) is 0 Å². The maximum absolute atomic E-state index is 13.4. The lowest BCUT2D eigenvalue weighted by Gasteiger charge is -2.37. The molecule has 2 aliphatic rings. The van der Waals surface area contributed by atoms with Crippen LogP contribution in [0.5, 0.6) is 5.75 Å². The summed E-state index contributed by atoms with van der Waals surface area (Å²) in [5.74, 6) is 3.16. The molecule has 1 atom stereocenters. The van der Waals surface area contributed by atoms with Crippen molar-refractivity contribution >= 4 is 29.4 Å². The monoisotopic (exact) mass is 491 g/mol. The zero-order valence-corrected chi connectivity index (χ0v) is 22.0. The summed E-state index contributed by atoms with van der Waals surface area (Å²) >= 11 is 1.78. The highest BCUT2D eigenvalue weighted by molar-refractivity contribution is 7.99. The number of amides is 2. The summed E-state index contributed by atoms with van der Waals surface area (Å²) < 4.78 is 10.7. The Morgan fingerprint density at radius 2 is 1.71 bits per heavy atom. The van der Waals surface area contributed by atoms with Crippen molar-refractivity contribution < 1.29 is 19.1 Å². The van der Waals surface area contributed by atoms with Crippen molar-refractivity contribution in [3.8, 4) is 5.75 Å². The van der Waals surface area contributed by atoms with Crippen LogP contribution in [0.25, 0.3) is 0 Å². The number of hydrogen-bond acceptors (Lipinski definition) is 6. The number of alkyl carbamates (subject to hydrolysis) is 1. The number of piperazine rings is 1. The van der Waals surface area contributed by atoms with Crippen molar-refractivity contribution in [2.45, 2.75) is 64.5 Å². The number of rotatable bonds is 8. The van der Waals surface area contributed by atoms with Gasteiger partial charge in [0, 0.05) is 37.6 Å². The van der Waals surface area contributed by atoms with E-state index in [2.05, 4.69) is 10.2 Å². The first kappa shape index (κ1) is 26.5. The van der Waals surface area contributed by atoms with Crippen molar-refractivity contribution in [2.75, 3.05) is 49.7 Å². The third-order valence-corrected chi connectivity index (χ3v) is 7.66. The first-order valence-electron chi connectivity index (χ1n) is 12.5. The fraction of sp³-hybridized carbons (Fsp3) is 0.692. The van der Waals surface area contributed by atoms with Gasteiger partial charge < -0.3 is 24.6 Å². The highest BCUT2D eigenvalue weighted by Gasteiger charge is 2.30. The molecule has 1 aromatic carbocycles. The van der Waals surface area contributed by atoms with E-state index in [1.807, 2.05) is 49.9 Å². The van der Waals surface area contributed by atoms with Gasteiger partial charge in [0.2, 0.25) is 5.91 Å². The molecule has 8 heteroatoms. The van der Waals surface area contributed by atoms with Gasteiger partial charge in [-0.3, -0.25) is 4.79 Å². The summed E-state index contributed by atoms with van der Waals surface area (Å²) in [4.78, 5) is 30.0. The first-order valence-corrected chi connectivity index (χ1v) is 13.7. The van der Waals surface area contributed by atoms with E-state index >= 15 is 0 Å². The predicted molar refractivity (Wildman–Crippen MR) is 139 cm³/mol. The standard InChI is InChI=1S/C26H41N3O4S/c1-26(2,3)33-25(31)27-23(19-34-18-20-8-6-5-7-9-20)24(30)29-16-14-28(15-17-29)21-10-12-22(32-4)13-11-21/h10-13,20,23H,5-9,14-19H2,1-4H3,(H,27,31). The zero-order chi connectivity index (χ0) is 24.6. The topological polar surface area (TPSA) is 71.1 Å². The number of methoxy groups -OCH3 is 1. The number of thioether (sulfide) groups is 1. The van der Waals surface area contributed by atoms with E-state index < -0.39 is 17.7 Å². The van der Waals surface area contributed by atoms with Gasteiger partial charge in [-0.1, -0.05) is 19.3 Å². The van der Waals surface area contributed by atoms with Crippen LogP contribution < -0.4 is 15.0 Å². The Morgan fingerprint density at radius 3 is 2.29 bits per heavy atom. The normalized spacial score (nSPS) is 18.4. The Morgan fingerprint density at radius 1 is 1.06 bits per heavy atom. The fourth-order valence-electron chi connectivity index (χ4n) is 4.53. The summed E-state index contributed by atoms with van der Waals surface area (Å²) in [7, 11) is 1.66. The molecule has 2 amide bonds. The van der Waals surface area contributed by atoms with Crippen LogP contribution in [0.4, 0.5) is 10.5 Å². The van der Waals surface area contributed by atoms with Crippen LogP contribution in [0.15, 0.2) is 24.3 Å². The van der Waals surface area contributed by atoms with Gasteiger partial charge in [-0.2, -0.15) is 11.8 Å². The average molecular weight is 492 g/mol. The molecule has 0 aromatic heterocycles. The highest BCUT2D eigenvalue weighted by Crippen LogP contribution is 2.27. The molecule has 7 nitrogen and oxygen atoms in total. The number of hydrogen-bond donors (Lipinski definition) is 1. The predicted octanol–water partition coefficient (Wildman–Crippen LogP) is 4.55. The van der Waals surface area contributed by atoms with Crippen molar-refractivity contribution in [2.24, 2.45) is 5.92 Å². The summed E-state index contributed by atoms with van der Waals surface area (Å²) in [5.41, 5.74) is 0.524. The quantitative estimate of drug-likeness (QED) is 0.575. The second-order valence-electron chi connectivity index (χ2n) is 10.3. The largest absolute Gasteiger partial charge is 0.497 e. The number of nitrogens with zero attached hydrogens (tertiary/aromatic N) is 2. The Labute approximate surface area is 208 Å². The van der Waals surface area contributed by atoms with E-state index in [0.717, 1.165) is 36.2 Å². The molecule has 0 spiro atoms. The van der Waals surface area contributed by atoms with Crippen LogP contribution in [-0.2, 0) is 9.53 Å². The van der Waals surface area contributed by atoms with Crippen molar-refractivity contribution in [1.82, 2.24) is 10.2 Å². The fourth-order valence-corrected chi connectivity index (χ4v) is 5.79. The molecule has 1 saturated carbocycles. The van der Waals surface area contributed by atoms with Gasteiger partial charge in [-0.25, -0.2) is 4.79 Å². The summed E-state index contributed by atoms with van der Waals surface area (Å²) in [6, 6.07) is 7.43. The molecule has 1 unspecified atom stereocenters. The SMILES string of the molecule is COc1ccc(N2CCN(C(=O)C(CSCC3CCCCC3)NC(=O)OC(C)(C)C)CC2)cc1. The summed E-state index contributed by atoms with van der Waals surface area (Å²) in [6.07, 6.45) is 5.98. The van der Waals surface area contributed by atoms with E-state index in [1.165, 1.54) is 32.1 Å². The molecular formula is C26H41N3O4S. The lowest BCUT2D eigenvalue weighted by Crippen LogP contribution is -2.56. The van der Waals surface area contributed by atoms with Crippen LogP contribution in [0, 0.1) is 5.92 Å². The number of carbonyl (C=O) groups is 2. The molecule has 1 heterocycles. The average Bonchev–Trinajstić information content (AvgIpc) is 2.83. The van der Waals surface area contributed by atoms with Gasteiger partial charge in [0.05, 0.1) is 7.11 Å². The second-order valence-corrected chi connectivity index (χ2v) is 11.3. The minimum Gasteiger partial charge on any atom is -0.497 e. The number of anilines is 1. The van der Waals surface area contributed by atoms with Crippen LogP contribution in [-0.4, -0.2) is 73.3 Å². The van der Waals surface area contributed by atoms with E-state index in [1.54, 1.807) is 18.9 Å². The minimum absolute atomic E-state index is 0.0172. The zero-order valence-electron chi connectivity index (χ0n) is 21.2. The number of benzene rings is 1. The molecule has 190 valence electrons. The van der Waals surface area contributed by atoms with Gasteiger partial charge in [0.1, 0.15) is 17.4 Å². The molecule has 2 fully saturated rings. The van der Waals surface area contributed by atoms with Crippen molar-refractivity contribution in [1.29, 1.82) is 0 Å². The van der Waals surface area contributed by atoms with E-state index in [0.29, 0.717) is 18.8 Å². The number of carbonyl (C=O) groups excluding carboxylic acids is 2. The molecule has 34 heavy (non-hydrogen) atoms. The molecule has 0 bridgehead atoms. The lowest BCUT2D eigenvalue weighted by atomic mass is 9.91. The molecule has 1 aromatic rings. The van der Waals surface area contributed by atoms with Crippen LogP contribution >= 0.6 is 11.8 Å². The number of nitrogens with one attached hydrogen (secondary N) is 1. The van der Waals surface area contributed by atoms with Gasteiger partial charge in [-0.15, -0.1) is 0 Å². The molecule has 1 aliphatic heterocycles. The lowest BCUT2D eigenvalue weighted by molar-refractivity contribution is -0.133. The van der Waals surface area contributed by atoms with E-state index in [4.69, 9.17) is 9.47 Å². The van der Waals surface area contributed by atoms with Crippen molar-refractivity contribution in [3.63, 3.8) is 0 Å². The Hall–Kier alpha value is -2.09. The summed E-state index contributed by atoms with van der Waals surface area (Å²) in [5, 5.41) is 2.86. The van der Waals surface area contributed by atoms with Gasteiger partial charge in [0.25, 0.3) is 0 Å². The molecular weight excluding hydrogens is 450 g/mol. The smallest absolute Gasteiger partial charge is 0.408 e. The van der Waals surface area contributed by atoms with Crippen LogP contribution in [0.1, 0.15) is 52.9 Å². The molecule has 0 radical (unpaired) electrons. The highest BCUT2D eigenvalue weighted by atomic mass is 32.2. The number of ether oxygens (including phenoxy) is 2. The Bertz CT molecular complexity index is 782. The minimum atomic E-state index is -0.600. The maximum atomic E-state index is 13.4. The van der Waals surface area contributed by atoms with Gasteiger partial charge in [-0.05, 0) is 69.5 Å². The maximum Gasteiger partial charge on any atom is 0.408 e. The van der Waals surface area contributed by atoms with E-state index in [9.17, 15) is 9.59 Å².